The molecule has 0 saturated carbocycles. The third kappa shape index (κ3) is 7.29. The van der Waals surface area contributed by atoms with Gasteiger partial charge >= 0.3 is 6.18 Å². The number of amides is 1. The van der Waals surface area contributed by atoms with Crippen molar-refractivity contribution in [2.45, 2.75) is 13.1 Å². The van der Waals surface area contributed by atoms with Crippen LogP contribution in [0.25, 0.3) is 22.3 Å². The Bertz CT molecular complexity index is 2030. The summed E-state index contributed by atoms with van der Waals surface area (Å²) in [4.78, 5) is 30.5. The lowest BCUT2D eigenvalue weighted by Crippen LogP contribution is -2.21. The summed E-state index contributed by atoms with van der Waals surface area (Å²) in [6.07, 6.45) is -3.30. The Morgan fingerprint density at radius 2 is 1.76 bits per heavy atom. The van der Waals surface area contributed by atoms with Crippen molar-refractivity contribution in [3.8, 4) is 22.9 Å². The first-order valence-electron chi connectivity index (χ1n) is 13.5. The van der Waals surface area contributed by atoms with Gasteiger partial charge in [-0.2, -0.15) is 22.9 Å². The predicted octanol–water partition coefficient (Wildman–Crippen LogP) is 8.04. The van der Waals surface area contributed by atoms with Crippen molar-refractivity contribution in [1.29, 1.82) is 0 Å². The van der Waals surface area contributed by atoms with Gasteiger partial charge in [0, 0.05) is 21.3 Å². The van der Waals surface area contributed by atoms with Crippen LogP contribution in [0.1, 0.15) is 18.1 Å². The van der Waals surface area contributed by atoms with Crippen LogP contribution >= 0.6 is 31.9 Å². The molecule has 46 heavy (non-hydrogen) atoms. The number of nitrogens with one attached hydrogen (secondary N) is 1. The molecule has 5 rings (SSSR count). The van der Waals surface area contributed by atoms with E-state index in [2.05, 4.69) is 47.3 Å². The first kappa shape index (κ1) is 32.8. The summed E-state index contributed by atoms with van der Waals surface area (Å²) in [6.45, 7) is 1.53. The molecule has 1 amide bonds. The minimum Gasteiger partial charge on any atom is -0.490 e. The molecule has 8 nitrogen and oxygen atoms in total. The fraction of sp³-hybridized carbons (Fsp3) is 0.125. The van der Waals surface area contributed by atoms with Gasteiger partial charge in [0.25, 0.3) is 11.5 Å². The summed E-state index contributed by atoms with van der Waals surface area (Å²) in [5.41, 5.74) is -0.535. The zero-order valence-corrected chi connectivity index (χ0v) is 26.9. The lowest BCUT2D eigenvalue weighted by atomic mass is 10.1. The second kappa shape index (κ2) is 13.8. The van der Waals surface area contributed by atoms with Crippen molar-refractivity contribution in [1.82, 2.24) is 9.66 Å². The first-order chi connectivity index (χ1) is 22.0. The number of fused-ring (bicyclic) bond motifs is 1. The number of hydrogen-bond acceptors (Lipinski definition) is 6. The quantitative estimate of drug-likeness (QED) is 0.121. The van der Waals surface area contributed by atoms with Crippen LogP contribution in [0.5, 0.6) is 11.5 Å². The van der Waals surface area contributed by atoms with E-state index in [1.807, 2.05) is 0 Å². The second-order valence-corrected chi connectivity index (χ2v) is 11.2. The topological polar surface area (TPSA) is 94.8 Å². The summed E-state index contributed by atoms with van der Waals surface area (Å²) in [5, 5.41) is 7.11. The highest BCUT2D eigenvalue weighted by Gasteiger charge is 2.31. The summed E-state index contributed by atoms with van der Waals surface area (Å²) in [6, 6.07) is 17.8. The van der Waals surface area contributed by atoms with Crippen molar-refractivity contribution >= 4 is 60.6 Å². The maximum Gasteiger partial charge on any atom is 0.416 e. The number of rotatable bonds is 9. The summed E-state index contributed by atoms with van der Waals surface area (Å²) >= 11 is 6.91. The molecule has 14 heteroatoms. The summed E-state index contributed by atoms with van der Waals surface area (Å²) in [5.74, 6) is -0.762. The molecule has 1 N–H and O–H groups in total. The van der Waals surface area contributed by atoms with Gasteiger partial charge < -0.3 is 14.8 Å². The van der Waals surface area contributed by atoms with E-state index >= 15 is 0 Å². The zero-order chi connectivity index (χ0) is 33.0. The summed E-state index contributed by atoms with van der Waals surface area (Å²) < 4.78 is 67.3. The fourth-order valence-corrected chi connectivity index (χ4v) is 5.30. The number of hydrogen-bond donors (Lipinski definition) is 1. The third-order valence-corrected chi connectivity index (χ3v) is 8.57. The minimum absolute atomic E-state index is 0.0327. The second-order valence-electron chi connectivity index (χ2n) is 9.59. The largest absolute Gasteiger partial charge is 0.490 e. The number of carbonyl (C=O) groups excluding carboxylic acids is 1. The van der Waals surface area contributed by atoms with E-state index in [0.29, 0.717) is 14.5 Å². The molecule has 236 valence electrons. The van der Waals surface area contributed by atoms with Crippen molar-refractivity contribution in [2.24, 2.45) is 5.10 Å². The SMILES string of the molecule is CCOc1cc(C=Nn2c(-c3cccc(C(F)(F)F)c3)nc3ccccc3c2=O)c(Br)c(Br)c1OCC(=O)Nc1cccc(F)c1. The monoisotopic (exact) mass is 760 g/mol. The van der Waals surface area contributed by atoms with Gasteiger partial charge in [-0.05, 0) is 87.3 Å². The number of carbonyl (C=O) groups is 1. The maximum absolute atomic E-state index is 13.6. The molecule has 0 aliphatic carbocycles. The number of alkyl halides is 3. The van der Waals surface area contributed by atoms with Crippen LogP contribution < -0.4 is 20.3 Å². The molecule has 4 aromatic carbocycles. The molecule has 1 aromatic heterocycles. The van der Waals surface area contributed by atoms with Gasteiger partial charge in [-0.1, -0.05) is 30.3 Å². The summed E-state index contributed by atoms with van der Waals surface area (Å²) in [7, 11) is 0. The fourth-order valence-electron chi connectivity index (χ4n) is 4.37. The molecule has 0 bridgehead atoms. The van der Waals surface area contributed by atoms with Crippen LogP contribution in [0.3, 0.4) is 0 Å². The van der Waals surface area contributed by atoms with Gasteiger partial charge in [-0.15, -0.1) is 0 Å². The lowest BCUT2D eigenvalue weighted by Gasteiger charge is -2.16. The third-order valence-electron chi connectivity index (χ3n) is 6.43. The van der Waals surface area contributed by atoms with E-state index in [4.69, 9.17) is 9.47 Å². The molecule has 0 aliphatic heterocycles. The number of nitrogens with zero attached hydrogens (tertiary/aromatic N) is 3. The molecule has 0 spiro atoms. The average Bonchev–Trinajstić information content (AvgIpc) is 3.02. The van der Waals surface area contributed by atoms with Crippen molar-refractivity contribution in [2.75, 3.05) is 18.5 Å². The highest BCUT2D eigenvalue weighted by molar-refractivity contribution is 9.13. The number of anilines is 1. The van der Waals surface area contributed by atoms with E-state index in [0.717, 1.165) is 16.8 Å². The van der Waals surface area contributed by atoms with Crippen molar-refractivity contribution in [3.05, 3.63) is 115 Å². The zero-order valence-electron chi connectivity index (χ0n) is 23.7. The minimum atomic E-state index is -4.61. The molecule has 5 aromatic rings. The Hall–Kier alpha value is -4.56. The van der Waals surface area contributed by atoms with Crippen LogP contribution in [0.2, 0.25) is 0 Å². The van der Waals surface area contributed by atoms with Gasteiger partial charge in [0.1, 0.15) is 5.82 Å². The molecule has 1 heterocycles. The van der Waals surface area contributed by atoms with E-state index in [1.54, 1.807) is 37.3 Å². The molecular weight excluding hydrogens is 740 g/mol. The van der Waals surface area contributed by atoms with Gasteiger partial charge in [-0.3, -0.25) is 9.59 Å². The van der Waals surface area contributed by atoms with Crippen molar-refractivity contribution in [3.63, 3.8) is 0 Å². The smallest absolute Gasteiger partial charge is 0.416 e. The number of aromatic nitrogens is 2. The molecular formula is C32H22Br2F4N4O4. The predicted molar refractivity (Wildman–Crippen MR) is 173 cm³/mol. The number of ether oxygens (including phenoxy) is 2. The van der Waals surface area contributed by atoms with Gasteiger partial charge in [0.2, 0.25) is 0 Å². The molecule has 0 aliphatic rings. The van der Waals surface area contributed by atoms with E-state index in [1.165, 1.54) is 42.6 Å². The highest BCUT2D eigenvalue weighted by Crippen LogP contribution is 2.42. The van der Waals surface area contributed by atoms with Gasteiger partial charge in [0.05, 0.1) is 33.8 Å². The number of benzene rings is 4. The number of halogens is 6. The lowest BCUT2D eigenvalue weighted by molar-refractivity contribution is -0.137. The number of para-hydroxylation sites is 1. The Balaban J connectivity index is 1.52. The van der Waals surface area contributed by atoms with Crippen LogP contribution in [-0.2, 0) is 11.0 Å². The van der Waals surface area contributed by atoms with Gasteiger partial charge in [-0.25, -0.2) is 9.37 Å². The Morgan fingerprint density at radius 1 is 1.00 bits per heavy atom. The molecule has 0 atom stereocenters. The van der Waals surface area contributed by atoms with Crippen LogP contribution in [-0.4, -0.2) is 35.0 Å². The molecule has 0 saturated heterocycles. The highest BCUT2D eigenvalue weighted by atomic mass is 79.9. The van der Waals surface area contributed by atoms with E-state index in [-0.39, 0.29) is 46.1 Å². The first-order valence-corrected chi connectivity index (χ1v) is 15.1. The molecule has 0 radical (unpaired) electrons. The van der Waals surface area contributed by atoms with Crippen LogP contribution in [0.15, 0.2) is 97.7 Å². The van der Waals surface area contributed by atoms with Crippen molar-refractivity contribution < 1.29 is 31.8 Å². The van der Waals surface area contributed by atoms with Crippen LogP contribution in [0, 0.1) is 5.82 Å². The average molecular weight is 762 g/mol. The van der Waals surface area contributed by atoms with Crippen LogP contribution in [0.4, 0.5) is 23.2 Å². The Kier molecular flexibility index (Phi) is 9.87. The van der Waals surface area contributed by atoms with Gasteiger partial charge in [0.15, 0.2) is 23.9 Å². The maximum atomic E-state index is 13.6. The molecule has 0 fully saturated rings. The standard InChI is InChI=1S/C32H22Br2F4N4O4/c1-2-45-25-14-19(27(33)28(34)29(25)46-17-26(43)40-22-10-6-9-21(35)15-22)16-39-42-30(18-7-5-8-20(13-18)32(36,37)38)41-24-12-4-3-11-23(24)31(42)44/h3-16H,2,17H2,1H3,(H,40,43). The Morgan fingerprint density at radius 3 is 2.50 bits per heavy atom. The molecule has 0 unspecified atom stereocenters. The van der Waals surface area contributed by atoms with E-state index < -0.39 is 35.6 Å². The normalized spacial score (nSPS) is 11.6. The van der Waals surface area contributed by atoms with E-state index in [9.17, 15) is 27.2 Å². The Labute approximate surface area is 275 Å².